The van der Waals surface area contributed by atoms with Crippen LogP contribution in [0.3, 0.4) is 0 Å². The summed E-state index contributed by atoms with van der Waals surface area (Å²) in [7, 11) is -4.66. The Balaban J connectivity index is 1.60. The van der Waals surface area contributed by atoms with Crippen LogP contribution in [0.5, 0.6) is 0 Å². The molecule has 0 aliphatic carbocycles. The number of rotatable bonds is 6. The van der Waals surface area contributed by atoms with Gasteiger partial charge < -0.3 is 10.0 Å². The van der Waals surface area contributed by atoms with Gasteiger partial charge >= 0.3 is 6.18 Å². The first kappa shape index (κ1) is 23.0. The zero-order valence-electron chi connectivity index (χ0n) is 17.4. The quantitative estimate of drug-likeness (QED) is 0.574. The number of aliphatic hydroxyl groups is 1. The van der Waals surface area contributed by atoms with E-state index in [9.17, 15) is 31.5 Å². The summed E-state index contributed by atoms with van der Waals surface area (Å²) < 4.78 is 67.4. The van der Waals surface area contributed by atoms with Crippen molar-refractivity contribution < 1.29 is 31.5 Å². The summed E-state index contributed by atoms with van der Waals surface area (Å²) in [5.41, 5.74) is -0.0813. The van der Waals surface area contributed by atoms with Crippen molar-refractivity contribution in [3.8, 4) is 0 Å². The minimum Gasteiger partial charge on any atom is -0.395 e. The van der Waals surface area contributed by atoms with E-state index in [0.29, 0.717) is 26.1 Å². The number of aromatic nitrogens is 4. The lowest BCUT2D eigenvalue weighted by Gasteiger charge is -2.22. The second-order valence-electron chi connectivity index (χ2n) is 7.49. The number of aliphatic hydroxyl groups excluding tert-OH is 1. The third-order valence-electron chi connectivity index (χ3n) is 5.45. The number of aryl methyl sites for hydroxylation is 1. The summed E-state index contributed by atoms with van der Waals surface area (Å²) in [6.45, 7) is 0.840. The van der Waals surface area contributed by atoms with Crippen molar-refractivity contribution in [3.63, 3.8) is 0 Å². The van der Waals surface area contributed by atoms with Crippen LogP contribution < -0.4 is 0 Å². The van der Waals surface area contributed by atoms with E-state index in [0.717, 1.165) is 6.20 Å². The molecule has 1 atom stereocenters. The summed E-state index contributed by atoms with van der Waals surface area (Å²) >= 11 is 0. The van der Waals surface area contributed by atoms with Gasteiger partial charge in [-0.15, -0.1) is 0 Å². The van der Waals surface area contributed by atoms with Gasteiger partial charge in [-0.3, -0.25) is 9.48 Å². The molecule has 1 amide bonds. The predicted octanol–water partition coefficient (Wildman–Crippen LogP) is 1.97. The van der Waals surface area contributed by atoms with Crippen molar-refractivity contribution in [2.24, 2.45) is 0 Å². The molecule has 0 radical (unpaired) electrons. The van der Waals surface area contributed by atoms with Crippen molar-refractivity contribution in [2.45, 2.75) is 43.5 Å². The molecule has 0 spiro atoms. The standard InChI is InChI=1S/C20H20F3N5O4S/c1-2-27-18(20(21,22)23)17(8-24-27)33(31,32)28-10-14-9-26(11-16(14)25-28)19(30)15(12-29)13-6-4-3-5-7-13/h3-8,10,15,29H,2,9,11-12H2,1H3. The van der Waals surface area contributed by atoms with Gasteiger partial charge in [0.05, 0.1) is 31.0 Å². The van der Waals surface area contributed by atoms with E-state index < -0.39 is 39.3 Å². The smallest absolute Gasteiger partial charge is 0.395 e. The zero-order valence-corrected chi connectivity index (χ0v) is 18.2. The first-order valence-corrected chi connectivity index (χ1v) is 11.4. The number of amides is 1. The van der Waals surface area contributed by atoms with E-state index in [2.05, 4.69) is 10.2 Å². The lowest BCUT2D eigenvalue weighted by atomic mass is 9.98. The molecule has 0 saturated heterocycles. The van der Waals surface area contributed by atoms with Gasteiger partial charge in [0, 0.05) is 24.8 Å². The van der Waals surface area contributed by atoms with Crippen molar-refractivity contribution in [1.82, 2.24) is 23.9 Å². The highest BCUT2D eigenvalue weighted by molar-refractivity contribution is 7.89. The number of hydrogen-bond acceptors (Lipinski definition) is 6. The Labute approximate surface area is 187 Å². The summed E-state index contributed by atoms with van der Waals surface area (Å²) in [5.74, 6) is -1.15. The molecule has 9 nitrogen and oxygen atoms in total. The van der Waals surface area contributed by atoms with Crippen LogP contribution in [0, 0.1) is 0 Å². The van der Waals surface area contributed by atoms with Gasteiger partial charge in [-0.05, 0) is 12.5 Å². The fraction of sp³-hybridized carbons (Fsp3) is 0.350. The number of carbonyl (C=O) groups excluding carboxylic acids is 1. The first-order chi connectivity index (χ1) is 15.6. The molecular weight excluding hydrogens is 463 g/mol. The van der Waals surface area contributed by atoms with Gasteiger partial charge in [0.25, 0.3) is 10.0 Å². The van der Waals surface area contributed by atoms with E-state index in [-0.39, 0.29) is 31.2 Å². The Morgan fingerprint density at radius 2 is 1.91 bits per heavy atom. The molecule has 1 aliphatic heterocycles. The fourth-order valence-electron chi connectivity index (χ4n) is 3.82. The topological polar surface area (TPSA) is 110 Å². The van der Waals surface area contributed by atoms with Crippen LogP contribution in [0.4, 0.5) is 13.2 Å². The van der Waals surface area contributed by atoms with Crippen molar-refractivity contribution in [3.05, 3.63) is 65.2 Å². The maximum Gasteiger partial charge on any atom is 0.434 e. The van der Waals surface area contributed by atoms with Gasteiger partial charge in [0.1, 0.15) is 4.90 Å². The Bertz CT molecular complexity index is 1260. The maximum atomic E-state index is 13.5. The Morgan fingerprint density at radius 3 is 2.48 bits per heavy atom. The fourth-order valence-corrected chi connectivity index (χ4v) is 5.14. The number of alkyl halides is 3. The minimum absolute atomic E-state index is 0.0212. The molecule has 2 aromatic heterocycles. The average molecular weight is 483 g/mol. The van der Waals surface area contributed by atoms with E-state index in [1.165, 1.54) is 11.8 Å². The van der Waals surface area contributed by atoms with Gasteiger partial charge in [-0.1, -0.05) is 30.3 Å². The van der Waals surface area contributed by atoms with Gasteiger partial charge in [-0.2, -0.15) is 35.9 Å². The molecule has 3 heterocycles. The Hall–Kier alpha value is -3.19. The van der Waals surface area contributed by atoms with E-state index in [1.54, 1.807) is 30.3 Å². The molecular formula is C20H20F3N5O4S. The molecule has 4 rings (SSSR count). The summed E-state index contributed by atoms with van der Waals surface area (Å²) in [6.07, 6.45) is -3.15. The second kappa shape index (κ2) is 8.30. The number of benzene rings is 1. The summed E-state index contributed by atoms with van der Waals surface area (Å²) in [6, 6.07) is 8.71. The van der Waals surface area contributed by atoms with E-state index in [1.807, 2.05) is 0 Å². The second-order valence-corrected chi connectivity index (χ2v) is 9.25. The van der Waals surface area contributed by atoms with Gasteiger partial charge in [0.2, 0.25) is 5.91 Å². The van der Waals surface area contributed by atoms with Crippen molar-refractivity contribution in [1.29, 1.82) is 0 Å². The molecule has 176 valence electrons. The molecule has 1 aliphatic rings. The molecule has 1 unspecified atom stereocenters. The molecule has 0 fully saturated rings. The highest BCUT2D eigenvalue weighted by Crippen LogP contribution is 2.35. The molecule has 0 bridgehead atoms. The highest BCUT2D eigenvalue weighted by atomic mass is 32.2. The Kier molecular flexibility index (Phi) is 5.78. The molecule has 13 heteroatoms. The predicted molar refractivity (Wildman–Crippen MR) is 108 cm³/mol. The number of fused-ring (bicyclic) bond motifs is 1. The lowest BCUT2D eigenvalue weighted by Crippen LogP contribution is -2.33. The third kappa shape index (κ3) is 4.02. The van der Waals surface area contributed by atoms with Crippen LogP contribution in [0.25, 0.3) is 0 Å². The van der Waals surface area contributed by atoms with Gasteiger partial charge in [0.15, 0.2) is 5.69 Å². The highest BCUT2D eigenvalue weighted by Gasteiger charge is 2.43. The van der Waals surface area contributed by atoms with E-state index >= 15 is 0 Å². The molecule has 1 N–H and O–H groups in total. The number of halogens is 3. The normalized spacial score (nSPS) is 15.0. The number of nitrogens with zero attached hydrogens (tertiary/aromatic N) is 5. The minimum atomic E-state index is -4.93. The number of hydrogen-bond donors (Lipinski definition) is 1. The van der Waals surface area contributed by atoms with Crippen molar-refractivity contribution in [2.75, 3.05) is 6.61 Å². The SMILES string of the molecule is CCn1ncc(S(=O)(=O)n2cc3c(n2)CN(C(=O)C(CO)c2ccccc2)C3)c1C(F)(F)F. The molecule has 3 aromatic rings. The zero-order chi connectivity index (χ0) is 24.0. The third-order valence-corrected chi connectivity index (χ3v) is 6.98. The van der Waals surface area contributed by atoms with Crippen LogP contribution >= 0.6 is 0 Å². The van der Waals surface area contributed by atoms with E-state index in [4.69, 9.17) is 0 Å². The number of carbonyl (C=O) groups is 1. The largest absolute Gasteiger partial charge is 0.434 e. The van der Waals surface area contributed by atoms with Crippen molar-refractivity contribution >= 4 is 15.9 Å². The van der Waals surface area contributed by atoms with Gasteiger partial charge in [-0.25, -0.2) is 0 Å². The molecule has 0 saturated carbocycles. The monoisotopic (exact) mass is 483 g/mol. The van der Waals surface area contributed by atoms with Crippen LogP contribution in [-0.4, -0.2) is 49.9 Å². The van der Waals surface area contributed by atoms with Crippen LogP contribution in [0.1, 0.15) is 35.4 Å². The van der Waals surface area contributed by atoms with Crippen LogP contribution in [0.2, 0.25) is 0 Å². The summed E-state index contributed by atoms with van der Waals surface area (Å²) in [5, 5.41) is 17.2. The molecule has 1 aromatic carbocycles. The average Bonchev–Trinajstić information content (AvgIpc) is 3.47. The first-order valence-electron chi connectivity index (χ1n) is 9.98. The summed E-state index contributed by atoms with van der Waals surface area (Å²) in [4.78, 5) is 13.3. The maximum absolute atomic E-state index is 13.5. The molecule has 33 heavy (non-hydrogen) atoms. The van der Waals surface area contributed by atoms with Crippen LogP contribution in [-0.2, 0) is 40.6 Å². The van der Waals surface area contributed by atoms with Crippen LogP contribution in [0.15, 0.2) is 47.6 Å². The Morgan fingerprint density at radius 1 is 1.21 bits per heavy atom. The lowest BCUT2D eigenvalue weighted by molar-refractivity contribution is -0.146.